The highest BCUT2D eigenvalue weighted by Gasteiger charge is 2.36. The topological polar surface area (TPSA) is 26.0 Å². The van der Waals surface area contributed by atoms with Crippen LogP contribution >= 0.6 is 0 Å². The van der Waals surface area contributed by atoms with Gasteiger partial charge in [-0.3, -0.25) is 0 Å². The molecule has 0 fully saturated rings. The van der Waals surface area contributed by atoms with Gasteiger partial charge in [0.2, 0.25) is 0 Å². The number of hydrogen-bond acceptors (Lipinski definition) is 1. The van der Waals surface area contributed by atoms with Crippen molar-refractivity contribution in [2.45, 2.75) is 45.1 Å². The van der Waals surface area contributed by atoms with Crippen LogP contribution in [0.1, 0.15) is 53.5 Å². The molecule has 104 valence electrons. The van der Waals surface area contributed by atoms with E-state index in [1.807, 2.05) is 0 Å². The molecule has 0 radical (unpaired) electrons. The van der Waals surface area contributed by atoms with Gasteiger partial charge in [-0.25, -0.2) is 0 Å². The highest BCUT2D eigenvalue weighted by atomic mass is 14.8. The van der Waals surface area contributed by atoms with E-state index >= 15 is 0 Å². The number of nitrogens with two attached hydrogens (primary N) is 1. The molecule has 2 N–H and O–H groups in total. The molecular weight excluding hydrogens is 242 g/mol. The fourth-order valence-electron chi connectivity index (χ4n) is 3.39. The highest BCUT2D eigenvalue weighted by molar-refractivity contribution is 5.47. The second-order valence-corrected chi connectivity index (χ2v) is 6.30. The SMILES string of the molecule is Cc1ccc(C2(N)CCC(C)c3ccccc32)cc1C. The minimum Gasteiger partial charge on any atom is -0.318 e. The third kappa shape index (κ3) is 1.97. The lowest BCUT2D eigenvalue weighted by atomic mass is 9.69. The molecule has 0 saturated heterocycles. The summed E-state index contributed by atoms with van der Waals surface area (Å²) in [6, 6.07) is 15.3. The summed E-state index contributed by atoms with van der Waals surface area (Å²) < 4.78 is 0. The molecule has 0 saturated carbocycles. The van der Waals surface area contributed by atoms with Crippen LogP contribution in [0.25, 0.3) is 0 Å². The van der Waals surface area contributed by atoms with Crippen molar-refractivity contribution in [3.63, 3.8) is 0 Å². The Hall–Kier alpha value is -1.60. The Morgan fingerprint density at radius 3 is 2.55 bits per heavy atom. The Labute approximate surface area is 121 Å². The molecule has 0 amide bonds. The van der Waals surface area contributed by atoms with Gasteiger partial charge in [-0.2, -0.15) is 0 Å². The lowest BCUT2D eigenvalue weighted by Crippen LogP contribution is -2.41. The fraction of sp³-hybridized carbons (Fsp3) is 0.368. The average molecular weight is 265 g/mol. The molecule has 1 heteroatoms. The summed E-state index contributed by atoms with van der Waals surface area (Å²) in [4.78, 5) is 0. The molecule has 1 aliphatic carbocycles. The van der Waals surface area contributed by atoms with Gasteiger partial charge in [0.05, 0.1) is 5.54 Å². The summed E-state index contributed by atoms with van der Waals surface area (Å²) >= 11 is 0. The molecule has 0 aliphatic heterocycles. The smallest absolute Gasteiger partial charge is 0.0668 e. The van der Waals surface area contributed by atoms with E-state index in [0.29, 0.717) is 5.92 Å². The van der Waals surface area contributed by atoms with Gasteiger partial charge < -0.3 is 5.73 Å². The molecule has 0 heterocycles. The predicted molar refractivity (Wildman–Crippen MR) is 85.0 cm³/mol. The molecule has 1 aliphatic rings. The van der Waals surface area contributed by atoms with Gasteiger partial charge >= 0.3 is 0 Å². The zero-order chi connectivity index (χ0) is 14.3. The molecule has 0 spiro atoms. The van der Waals surface area contributed by atoms with Crippen LogP contribution in [-0.2, 0) is 5.54 Å². The van der Waals surface area contributed by atoms with Crippen LogP contribution in [-0.4, -0.2) is 0 Å². The van der Waals surface area contributed by atoms with Crippen molar-refractivity contribution in [1.82, 2.24) is 0 Å². The van der Waals surface area contributed by atoms with Crippen molar-refractivity contribution in [3.8, 4) is 0 Å². The van der Waals surface area contributed by atoms with Gasteiger partial charge in [0.15, 0.2) is 0 Å². The van der Waals surface area contributed by atoms with Crippen molar-refractivity contribution in [2.24, 2.45) is 5.73 Å². The maximum atomic E-state index is 6.87. The van der Waals surface area contributed by atoms with E-state index < -0.39 is 0 Å². The number of hydrogen-bond donors (Lipinski definition) is 1. The maximum absolute atomic E-state index is 6.87. The molecule has 2 aromatic rings. The van der Waals surface area contributed by atoms with Gasteiger partial charge in [-0.05, 0) is 60.4 Å². The molecule has 2 aromatic carbocycles. The first-order valence-corrected chi connectivity index (χ1v) is 7.48. The van der Waals surface area contributed by atoms with Gasteiger partial charge in [-0.1, -0.05) is 49.4 Å². The first-order valence-electron chi connectivity index (χ1n) is 7.48. The Morgan fingerprint density at radius 2 is 1.80 bits per heavy atom. The largest absolute Gasteiger partial charge is 0.318 e. The molecule has 2 atom stereocenters. The van der Waals surface area contributed by atoms with E-state index in [0.717, 1.165) is 12.8 Å². The first-order chi connectivity index (χ1) is 9.52. The number of fused-ring (bicyclic) bond motifs is 1. The third-order valence-corrected chi connectivity index (χ3v) is 4.97. The van der Waals surface area contributed by atoms with Crippen molar-refractivity contribution >= 4 is 0 Å². The van der Waals surface area contributed by atoms with Crippen LogP contribution in [0.15, 0.2) is 42.5 Å². The minimum absolute atomic E-state index is 0.332. The lowest BCUT2D eigenvalue weighted by Gasteiger charge is -2.39. The van der Waals surface area contributed by atoms with Gasteiger partial charge in [0, 0.05) is 0 Å². The predicted octanol–water partition coefficient (Wildman–Crippen LogP) is 4.40. The quantitative estimate of drug-likeness (QED) is 0.812. The summed E-state index contributed by atoms with van der Waals surface area (Å²) in [5, 5.41) is 0. The van der Waals surface area contributed by atoms with Crippen molar-refractivity contribution in [3.05, 3.63) is 70.3 Å². The van der Waals surface area contributed by atoms with E-state index in [2.05, 4.69) is 63.2 Å². The van der Waals surface area contributed by atoms with Crippen LogP contribution < -0.4 is 5.73 Å². The van der Waals surface area contributed by atoms with Crippen LogP contribution in [0, 0.1) is 13.8 Å². The molecule has 0 aromatic heterocycles. The molecule has 0 bridgehead atoms. The first kappa shape index (κ1) is 13.4. The zero-order valence-electron chi connectivity index (χ0n) is 12.6. The summed E-state index contributed by atoms with van der Waals surface area (Å²) in [5.41, 5.74) is 13.2. The monoisotopic (exact) mass is 265 g/mol. The number of benzene rings is 2. The molecular formula is C19H23N. The fourth-order valence-corrected chi connectivity index (χ4v) is 3.39. The number of rotatable bonds is 1. The standard InChI is InChI=1S/C19H23N/c1-13-8-9-16(12-15(13)3)19(20)11-10-14(2)17-6-4-5-7-18(17)19/h4-9,12,14H,10-11,20H2,1-3H3. The van der Waals surface area contributed by atoms with Crippen molar-refractivity contribution in [2.75, 3.05) is 0 Å². The van der Waals surface area contributed by atoms with Crippen LogP contribution in [0.3, 0.4) is 0 Å². The molecule has 20 heavy (non-hydrogen) atoms. The normalized spacial score (nSPS) is 25.3. The van der Waals surface area contributed by atoms with Crippen LogP contribution in [0.2, 0.25) is 0 Å². The molecule has 2 unspecified atom stereocenters. The average Bonchev–Trinajstić information content (AvgIpc) is 2.46. The van der Waals surface area contributed by atoms with Crippen molar-refractivity contribution < 1.29 is 0 Å². The van der Waals surface area contributed by atoms with E-state index in [1.165, 1.54) is 27.8 Å². The highest BCUT2D eigenvalue weighted by Crippen LogP contribution is 2.43. The van der Waals surface area contributed by atoms with Crippen LogP contribution in [0.5, 0.6) is 0 Å². The summed E-state index contributed by atoms with van der Waals surface area (Å²) in [5.74, 6) is 0.606. The Balaban J connectivity index is 2.17. The van der Waals surface area contributed by atoms with Gasteiger partial charge in [0.1, 0.15) is 0 Å². The molecule has 1 nitrogen and oxygen atoms in total. The zero-order valence-corrected chi connectivity index (χ0v) is 12.6. The molecule has 3 rings (SSSR count). The lowest BCUT2D eigenvalue weighted by molar-refractivity contribution is 0.412. The number of aryl methyl sites for hydroxylation is 2. The second-order valence-electron chi connectivity index (χ2n) is 6.30. The Kier molecular flexibility index (Phi) is 3.18. The van der Waals surface area contributed by atoms with E-state index in [-0.39, 0.29) is 5.54 Å². The summed E-state index contributed by atoms with van der Waals surface area (Å²) in [7, 11) is 0. The minimum atomic E-state index is -0.332. The van der Waals surface area contributed by atoms with Gasteiger partial charge in [0.25, 0.3) is 0 Å². The van der Waals surface area contributed by atoms with E-state index in [4.69, 9.17) is 5.73 Å². The van der Waals surface area contributed by atoms with Crippen LogP contribution in [0.4, 0.5) is 0 Å². The van der Waals surface area contributed by atoms with Crippen molar-refractivity contribution in [1.29, 1.82) is 0 Å². The second kappa shape index (κ2) is 4.75. The summed E-state index contributed by atoms with van der Waals surface area (Å²) in [6.45, 7) is 6.62. The van der Waals surface area contributed by atoms with E-state index in [9.17, 15) is 0 Å². The van der Waals surface area contributed by atoms with E-state index in [1.54, 1.807) is 0 Å². The maximum Gasteiger partial charge on any atom is 0.0668 e. The Morgan fingerprint density at radius 1 is 1.05 bits per heavy atom. The Bertz CT molecular complexity index is 644. The third-order valence-electron chi connectivity index (χ3n) is 4.97. The summed E-state index contributed by atoms with van der Waals surface area (Å²) in [6.07, 6.45) is 2.17. The van der Waals surface area contributed by atoms with Gasteiger partial charge in [-0.15, -0.1) is 0 Å².